The lowest BCUT2D eigenvalue weighted by Crippen LogP contribution is -2.39. The second-order valence-corrected chi connectivity index (χ2v) is 12.2. The molecule has 10 heteroatoms. The molecule has 0 saturated heterocycles. The van der Waals surface area contributed by atoms with Gasteiger partial charge in [-0.25, -0.2) is 16.8 Å². The van der Waals surface area contributed by atoms with Crippen molar-refractivity contribution in [3.05, 3.63) is 83.9 Å². The third-order valence-corrected chi connectivity index (χ3v) is 10.1. The van der Waals surface area contributed by atoms with Crippen LogP contribution in [0, 0.1) is 11.8 Å². The van der Waals surface area contributed by atoms with Gasteiger partial charge in [-0.2, -0.15) is 0 Å². The van der Waals surface area contributed by atoms with Crippen LogP contribution in [0.2, 0.25) is 0 Å². The highest BCUT2D eigenvalue weighted by molar-refractivity contribution is 7.92. The van der Waals surface area contributed by atoms with Gasteiger partial charge in [0.05, 0.1) is 45.6 Å². The van der Waals surface area contributed by atoms with Gasteiger partial charge < -0.3 is 9.47 Å². The Morgan fingerprint density at radius 3 is 1.25 bits per heavy atom. The average molecular weight is 529 g/mol. The Labute approximate surface area is 209 Å². The summed E-state index contributed by atoms with van der Waals surface area (Å²) in [7, 11) is -5.80. The number of rotatable bonds is 6. The topological polar surface area (TPSA) is 121 Å². The molecule has 0 unspecified atom stereocenters. The van der Waals surface area contributed by atoms with Crippen molar-refractivity contribution < 1.29 is 35.9 Å². The number of fused-ring (bicyclic) bond motifs is 1. The van der Waals surface area contributed by atoms with Crippen molar-refractivity contribution >= 4 is 31.6 Å². The molecule has 3 aromatic carbocycles. The minimum absolute atomic E-state index is 0.0237. The number of ether oxygens (including phenoxy) is 2. The van der Waals surface area contributed by atoms with Gasteiger partial charge in [-0.1, -0.05) is 36.4 Å². The van der Waals surface area contributed by atoms with Gasteiger partial charge in [0.2, 0.25) is 19.7 Å². The molecule has 0 aromatic heterocycles. The van der Waals surface area contributed by atoms with Gasteiger partial charge in [0.1, 0.15) is 0 Å². The zero-order chi connectivity index (χ0) is 26.1. The molecule has 8 nitrogen and oxygen atoms in total. The Bertz CT molecular complexity index is 1400. The smallest absolute Gasteiger partial charge is 0.309 e. The number of hydrogen-bond acceptors (Lipinski definition) is 8. The van der Waals surface area contributed by atoms with E-state index in [4.69, 9.17) is 9.47 Å². The molecular formula is C26H24O8S2. The van der Waals surface area contributed by atoms with Crippen molar-refractivity contribution in [2.24, 2.45) is 11.8 Å². The highest BCUT2D eigenvalue weighted by Gasteiger charge is 2.43. The Hall–Kier alpha value is -3.50. The van der Waals surface area contributed by atoms with E-state index in [0.717, 1.165) is 0 Å². The fraction of sp³-hybridized carbons (Fsp3) is 0.231. The SMILES string of the molecule is COC(=O)[C@@H]1Cc2c(S(=O)(=O)c3ccccc3)ccc(S(=O)(=O)c3ccccc3)c2C[C@H]1C(=O)OC. The lowest BCUT2D eigenvalue weighted by Gasteiger charge is -2.32. The molecule has 0 spiro atoms. The van der Waals surface area contributed by atoms with Crippen LogP contribution in [0.25, 0.3) is 0 Å². The molecule has 0 radical (unpaired) electrons. The van der Waals surface area contributed by atoms with Gasteiger partial charge in [0.15, 0.2) is 0 Å². The second kappa shape index (κ2) is 9.87. The standard InChI is InChI=1S/C26H24O8S2/c1-33-25(27)21-15-19-20(16-22(21)26(28)34-2)24(36(31,32)18-11-7-4-8-12-18)14-13-23(19)35(29,30)17-9-5-3-6-10-17/h3-14,21-22H,15-16H2,1-2H3/t21-,22-/m1/s1. The zero-order valence-corrected chi connectivity index (χ0v) is 21.2. The fourth-order valence-electron chi connectivity index (χ4n) is 4.58. The molecule has 188 valence electrons. The summed E-state index contributed by atoms with van der Waals surface area (Å²) in [6.45, 7) is 0. The summed E-state index contributed by atoms with van der Waals surface area (Å²) >= 11 is 0. The molecular weight excluding hydrogens is 504 g/mol. The molecule has 4 rings (SSSR count). The highest BCUT2D eigenvalue weighted by atomic mass is 32.2. The minimum Gasteiger partial charge on any atom is -0.469 e. The molecule has 3 aromatic rings. The van der Waals surface area contributed by atoms with Crippen molar-refractivity contribution in [3.8, 4) is 0 Å². The van der Waals surface area contributed by atoms with E-state index in [1.54, 1.807) is 36.4 Å². The summed E-state index contributed by atoms with van der Waals surface area (Å²) in [4.78, 5) is 25.1. The lowest BCUT2D eigenvalue weighted by molar-refractivity contribution is -0.158. The predicted molar refractivity (Wildman–Crippen MR) is 129 cm³/mol. The van der Waals surface area contributed by atoms with E-state index in [1.165, 1.54) is 50.6 Å². The Morgan fingerprint density at radius 1 is 0.611 bits per heavy atom. The van der Waals surface area contributed by atoms with E-state index in [9.17, 15) is 26.4 Å². The van der Waals surface area contributed by atoms with E-state index < -0.39 is 43.4 Å². The first kappa shape index (κ1) is 25.6. The van der Waals surface area contributed by atoms with Gasteiger partial charge in [-0.15, -0.1) is 0 Å². The van der Waals surface area contributed by atoms with Crippen LogP contribution in [0.3, 0.4) is 0 Å². The molecule has 1 aliphatic carbocycles. The van der Waals surface area contributed by atoms with E-state index in [2.05, 4.69) is 0 Å². The Balaban J connectivity index is 2.01. The van der Waals surface area contributed by atoms with Crippen LogP contribution in [0.4, 0.5) is 0 Å². The van der Waals surface area contributed by atoms with Crippen LogP contribution in [-0.2, 0) is 51.6 Å². The maximum Gasteiger partial charge on any atom is 0.309 e. The molecule has 0 fully saturated rings. The Kier molecular flexibility index (Phi) is 7.01. The van der Waals surface area contributed by atoms with E-state index >= 15 is 0 Å². The number of hydrogen-bond donors (Lipinski definition) is 0. The van der Waals surface area contributed by atoms with Crippen molar-refractivity contribution in [1.29, 1.82) is 0 Å². The molecule has 0 bridgehead atoms. The molecule has 0 saturated carbocycles. The van der Waals surface area contributed by atoms with Crippen molar-refractivity contribution in [3.63, 3.8) is 0 Å². The summed E-state index contributed by atoms with van der Waals surface area (Å²) < 4.78 is 64.2. The van der Waals surface area contributed by atoms with Crippen LogP contribution in [0.15, 0.2) is 92.4 Å². The third kappa shape index (κ3) is 4.42. The van der Waals surface area contributed by atoms with Gasteiger partial charge >= 0.3 is 11.9 Å². The van der Waals surface area contributed by atoms with E-state index in [-0.39, 0.29) is 43.6 Å². The number of esters is 2. The molecule has 2 atom stereocenters. The maximum atomic E-state index is 13.6. The van der Waals surface area contributed by atoms with Crippen LogP contribution < -0.4 is 0 Å². The molecule has 0 amide bonds. The molecule has 0 heterocycles. The first-order valence-electron chi connectivity index (χ1n) is 11.0. The first-order chi connectivity index (χ1) is 17.1. The number of carbonyl (C=O) groups excluding carboxylic acids is 2. The number of carbonyl (C=O) groups is 2. The monoisotopic (exact) mass is 528 g/mol. The second-order valence-electron chi connectivity index (χ2n) is 8.32. The number of sulfone groups is 2. The Morgan fingerprint density at radius 2 is 0.944 bits per heavy atom. The highest BCUT2D eigenvalue weighted by Crippen LogP contribution is 2.41. The van der Waals surface area contributed by atoms with Gasteiger partial charge in [-0.05, 0) is 60.4 Å². The predicted octanol–water partition coefficient (Wildman–Crippen LogP) is 3.03. The van der Waals surface area contributed by atoms with Crippen LogP contribution >= 0.6 is 0 Å². The van der Waals surface area contributed by atoms with Gasteiger partial charge in [0.25, 0.3) is 0 Å². The van der Waals surface area contributed by atoms with Crippen molar-refractivity contribution in [2.45, 2.75) is 32.4 Å². The molecule has 0 aliphatic heterocycles. The molecule has 0 N–H and O–H groups in total. The van der Waals surface area contributed by atoms with Crippen molar-refractivity contribution in [2.75, 3.05) is 14.2 Å². The maximum absolute atomic E-state index is 13.6. The summed E-state index contributed by atoms with van der Waals surface area (Å²) in [5.41, 5.74) is 0.345. The van der Waals surface area contributed by atoms with Crippen LogP contribution in [0.5, 0.6) is 0 Å². The fourth-order valence-corrected chi connectivity index (χ4v) is 7.67. The molecule has 36 heavy (non-hydrogen) atoms. The largest absolute Gasteiger partial charge is 0.469 e. The lowest BCUT2D eigenvalue weighted by atomic mass is 9.75. The number of benzene rings is 3. The third-order valence-electron chi connectivity index (χ3n) is 6.37. The normalized spacial score (nSPS) is 17.6. The van der Waals surface area contributed by atoms with Gasteiger partial charge in [-0.3, -0.25) is 9.59 Å². The zero-order valence-electron chi connectivity index (χ0n) is 19.6. The minimum atomic E-state index is -4.07. The summed E-state index contributed by atoms with van der Waals surface area (Å²) in [6, 6.07) is 17.9. The summed E-state index contributed by atoms with van der Waals surface area (Å²) in [5.74, 6) is -3.52. The molecule has 1 aliphatic rings. The van der Waals surface area contributed by atoms with Crippen LogP contribution in [0.1, 0.15) is 11.1 Å². The quantitative estimate of drug-likeness (QED) is 0.448. The number of methoxy groups -OCH3 is 2. The summed E-state index contributed by atoms with van der Waals surface area (Å²) in [5, 5.41) is 0. The van der Waals surface area contributed by atoms with E-state index in [1.807, 2.05) is 0 Å². The van der Waals surface area contributed by atoms with Crippen molar-refractivity contribution in [1.82, 2.24) is 0 Å². The van der Waals surface area contributed by atoms with Crippen LogP contribution in [-0.4, -0.2) is 43.0 Å². The average Bonchev–Trinajstić information content (AvgIpc) is 2.91. The first-order valence-corrected chi connectivity index (χ1v) is 14.0. The van der Waals surface area contributed by atoms with Gasteiger partial charge in [0, 0.05) is 0 Å². The van der Waals surface area contributed by atoms with E-state index in [0.29, 0.717) is 0 Å². The summed E-state index contributed by atoms with van der Waals surface area (Å²) in [6.07, 6.45) is -0.414.